The molecule has 1 N–H and O–H groups in total. The lowest BCUT2D eigenvalue weighted by molar-refractivity contribution is -0.385. The van der Waals surface area contributed by atoms with E-state index in [1.807, 2.05) is 0 Å². The first-order valence-electron chi connectivity index (χ1n) is 6.85. The molecular formula is C16H14Cl2N2O3. The largest absolute Gasteiger partial charge is 0.349 e. The van der Waals surface area contributed by atoms with E-state index in [4.69, 9.17) is 23.2 Å². The molecule has 0 fully saturated rings. The van der Waals surface area contributed by atoms with Gasteiger partial charge in [-0.15, -0.1) is 0 Å². The molecule has 0 radical (unpaired) electrons. The van der Waals surface area contributed by atoms with Crippen molar-refractivity contribution in [3.8, 4) is 0 Å². The molecule has 2 rings (SSSR count). The van der Waals surface area contributed by atoms with Crippen LogP contribution in [0.25, 0.3) is 0 Å². The predicted molar refractivity (Wildman–Crippen MR) is 89.8 cm³/mol. The molecule has 0 aromatic heterocycles. The SMILES string of the molecule is CC(NC(=O)Cc1ccccc1[N+](=O)[O-])c1ccc(Cl)c(Cl)c1. The first kappa shape index (κ1) is 17.2. The van der Waals surface area contributed by atoms with Crippen LogP contribution >= 0.6 is 23.2 Å². The van der Waals surface area contributed by atoms with Crippen molar-refractivity contribution in [2.75, 3.05) is 0 Å². The summed E-state index contributed by atoms with van der Waals surface area (Å²) in [6, 6.07) is 11.0. The van der Waals surface area contributed by atoms with Crippen LogP contribution < -0.4 is 5.32 Å². The number of para-hydroxylation sites is 1. The normalized spacial score (nSPS) is 11.8. The number of nitrogens with zero attached hydrogens (tertiary/aromatic N) is 1. The predicted octanol–water partition coefficient (Wildman–Crippen LogP) is 4.32. The number of nitro benzene ring substituents is 1. The average molecular weight is 353 g/mol. The number of rotatable bonds is 5. The van der Waals surface area contributed by atoms with Crippen molar-refractivity contribution < 1.29 is 9.72 Å². The highest BCUT2D eigenvalue weighted by molar-refractivity contribution is 6.42. The van der Waals surface area contributed by atoms with Gasteiger partial charge in [0.2, 0.25) is 5.91 Å². The molecule has 5 nitrogen and oxygen atoms in total. The van der Waals surface area contributed by atoms with E-state index in [0.717, 1.165) is 5.56 Å². The van der Waals surface area contributed by atoms with Gasteiger partial charge in [0.25, 0.3) is 5.69 Å². The van der Waals surface area contributed by atoms with Gasteiger partial charge in [-0.2, -0.15) is 0 Å². The summed E-state index contributed by atoms with van der Waals surface area (Å²) >= 11 is 11.8. The highest BCUT2D eigenvalue weighted by Gasteiger charge is 2.17. The monoisotopic (exact) mass is 352 g/mol. The van der Waals surface area contributed by atoms with Gasteiger partial charge in [-0.25, -0.2) is 0 Å². The Labute approximate surface area is 143 Å². The van der Waals surface area contributed by atoms with E-state index >= 15 is 0 Å². The molecule has 1 unspecified atom stereocenters. The summed E-state index contributed by atoms with van der Waals surface area (Å²) in [5, 5.41) is 14.6. The fourth-order valence-corrected chi connectivity index (χ4v) is 2.48. The van der Waals surface area contributed by atoms with E-state index < -0.39 is 4.92 Å². The smallest absolute Gasteiger partial charge is 0.273 e. The van der Waals surface area contributed by atoms with E-state index in [1.165, 1.54) is 6.07 Å². The minimum atomic E-state index is -0.495. The van der Waals surface area contributed by atoms with Crippen LogP contribution in [0.5, 0.6) is 0 Å². The average Bonchev–Trinajstić information content (AvgIpc) is 2.50. The Morgan fingerprint density at radius 1 is 1.22 bits per heavy atom. The van der Waals surface area contributed by atoms with Crippen molar-refractivity contribution in [2.45, 2.75) is 19.4 Å². The van der Waals surface area contributed by atoms with Crippen LogP contribution in [0.4, 0.5) is 5.69 Å². The highest BCUT2D eigenvalue weighted by atomic mass is 35.5. The maximum Gasteiger partial charge on any atom is 0.273 e. The van der Waals surface area contributed by atoms with Crippen LogP contribution in [-0.2, 0) is 11.2 Å². The van der Waals surface area contributed by atoms with Crippen molar-refractivity contribution >= 4 is 34.8 Å². The molecule has 0 aliphatic heterocycles. The number of halogens is 2. The van der Waals surface area contributed by atoms with Gasteiger partial charge in [-0.1, -0.05) is 47.5 Å². The van der Waals surface area contributed by atoms with E-state index in [2.05, 4.69) is 5.32 Å². The molecule has 0 spiro atoms. The Balaban J connectivity index is 2.07. The zero-order valence-corrected chi connectivity index (χ0v) is 13.8. The molecule has 7 heteroatoms. The zero-order chi connectivity index (χ0) is 17.0. The number of carbonyl (C=O) groups excluding carboxylic acids is 1. The molecule has 0 heterocycles. The van der Waals surface area contributed by atoms with Crippen LogP contribution in [0, 0.1) is 10.1 Å². The molecule has 0 aliphatic rings. The van der Waals surface area contributed by atoms with Gasteiger partial charge >= 0.3 is 0 Å². The lowest BCUT2D eigenvalue weighted by Gasteiger charge is -2.15. The lowest BCUT2D eigenvalue weighted by atomic mass is 10.1. The minimum Gasteiger partial charge on any atom is -0.349 e. The third kappa shape index (κ3) is 4.43. The maximum atomic E-state index is 12.1. The summed E-state index contributed by atoms with van der Waals surface area (Å²) in [5.41, 5.74) is 1.11. The molecule has 1 amide bonds. The summed E-state index contributed by atoms with van der Waals surface area (Å²) in [7, 11) is 0. The quantitative estimate of drug-likeness (QED) is 0.643. The first-order chi connectivity index (χ1) is 10.9. The molecular weight excluding hydrogens is 339 g/mol. The second-order valence-electron chi connectivity index (χ2n) is 5.03. The fraction of sp³-hybridized carbons (Fsp3) is 0.188. The van der Waals surface area contributed by atoms with Gasteiger partial charge in [-0.3, -0.25) is 14.9 Å². The molecule has 23 heavy (non-hydrogen) atoms. The molecule has 0 saturated carbocycles. The molecule has 0 saturated heterocycles. The Bertz CT molecular complexity index is 750. The number of benzene rings is 2. The van der Waals surface area contributed by atoms with Gasteiger partial charge in [0.15, 0.2) is 0 Å². The van der Waals surface area contributed by atoms with Gasteiger partial charge in [0.05, 0.1) is 27.4 Å². The summed E-state index contributed by atoms with van der Waals surface area (Å²) in [6.45, 7) is 1.80. The van der Waals surface area contributed by atoms with Crippen molar-refractivity contribution in [1.82, 2.24) is 5.32 Å². The second-order valence-corrected chi connectivity index (χ2v) is 5.84. The molecule has 2 aromatic rings. The van der Waals surface area contributed by atoms with E-state index in [0.29, 0.717) is 15.6 Å². The summed E-state index contributed by atoms with van der Waals surface area (Å²) in [5.74, 6) is -0.308. The van der Waals surface area contributed by atoms with Gasteiger partial charge in [0.1, 0.15) is 0 Å². The molecule has 120 valence electrons. The third-order valence-corrected chi connectivity index (χ3v) is 4.10. The van der Waals surface area contributed by atoms with Crippen molar-refractivity contribution in [3.05, 3.63) is 73.8 Å². The molecule has 1 atom stereocenters. The Morgan fingerprint density at radius 2 is 1.91 bits per heavy atom. The van der Waals surface area contributed by atoms with Crippen LogP contribution in [0.1, 0.15) is 24.1 Å². The van der Waals surface area contributed by atoms with E-state index in [9.17, 15) is 14.9 Å². The zero-order valence-electron chi connectivity index (χ0n) is 12.3. The van der Waals surface area contributed by atoms with Crippen LogP contribution in [0.2, 0.25) is 10.0 Å². The van der Waals surface area contributed by atoms with E-state index in [-0.39, 0.29) is 24.1 Å². The number of nitro groups is 1. The first-order valence-corrected chi connectivity index (χ1v) is 7.60. The molecule has 0 bridgehead atoms. The molecule has 0 aliphatic carbocycles. The summed E-state index contributed by atoms with van der Waals surface area (Å²) in [6.07, 6.45) is -0.0667. The number of nitrogens with one attached hydrogen (secondary N) is 1. The van der Waals surface area contributed by atoms with Crippen LogP contribution in [-0.4, -0.2) is 10.8 Å². The number of carbonyl (C=O) groups is 1. The van der Waals surface area contributed by atoms with Crippen LogP contribution in [0.3, 0.4) is 0 Å². The van der Waals surface area contributed by atoms with Gasteiger partial charge in [-0.05, 0) is 24.6 Å². The van der Waals surface area contributed by atoms with Crippen LogP contribution in [0.15, 0.2) is 42.5 Å². The summed E-state index contributed by atoms with van der Waals surface area (Å²) < 4.78 is 0. The van der Waals surface area contributed by atoms with Crippen molar-refractivity contribution in [2.24, 2.45) is 0 Å². The lowest BCUT2D eigenvalue weighted by Crippen LogP contribution is -2.28. The maximum absolute atomic E-state index is 12.1. The number of hydrogen-bond donors (Lipinski definition) is 1. The topological polar surface area (TPSA) is 72.2 Å². The van der Waals surface area contributed by atoms with E-state index in [1.54, 1.807) is 43.3 Å². The minimum absolute atomic E-state index is 0.0650. The second kappa shape index (κ2) is 7.44. The standard InChI is InChI=1S/C16H14Cl2N2O3/c1-10(11-6-7-13(17)14(18)8-11)19-16(21)9-12-4-2-3-5-15(12)20(22)23/h2-8,10H,9H2,1H3,(H,19,21). The number of amides is 1. The Kier molecular flexibility index (Phi) is 5.58. The number of hydrogen-bond acceptors (Lipinski definition) is 3. The fourth-order valence-electron chi connectivity index (χ4n) is 2.17. The Morgan fingerprint density at radius 3 is 2.57 bits per heavy atom. The Hall–Kier alpha value is -2.11. The van der Waals surface area contributed by atoms with Gasteiger partial charge < -0.3 is 5.32 Å². The van der Waals surface area contributed by atoms with Crippen molar-refractivity contribution in [3.63, 3.8) is 0 Å². The molecule has 2 aromatic carbocycles. The van der Waals surface area contributed by atoms with Crippen molar-refractivity contribution in [1.29, 1.82) is 0 Å². The highest BCUT2D eigenvalue weighted by Crippen LogP contribution is 2.25. The van der Waals surface area contributed by atoms with Gasteiger partial charge in [0, 0.05) is 11.6 Å². The summed E-state index contributed by atoms with van der Waals surface area (Å²) in [4.78, 5) is 22.6. The third-order valence-electron chi connectivity index (χ3n) is 3.36.